The average molecular weight is 250 g/mol. The van der Waals surface area contributed by atoms with Gasteiger partial charge in [0, 0.05) is 6.26 Å². The van der Waals surface area contributed by atoms with Gasteiger partial charge in [-0.15, -0.1) is 0 Å². The van der Waals surface area contributed by atoms with E-state index >= 15 is 0 Å². The molecule has 0 saturated heterocycles. The molecule has 7 heteroatoms. The minimum Gasteiger partial charge on any atom is -0.321 e. The van der Waals surface area contributed by atoms with Gasteiger partial charge in [0.25, 0.3) is 0 Å². The molecule has 1 aromatic carbocycles. The fourth-order valence-electron chi connectivity index (χ4n) is 1.13. The van der Waals surface area contributed by atoms with Crippen LogP contribution in [-0.4, -0.2) is 24.5 Å². The van der Waals surface area contributed by atoms with Crippen molar-refractivity contribution in [3.63, 3.8) is 0 Å². The van der Waals surface area contributed by atoms with Gasteiger partial charge in [0.2, 0.25) is 0 Å². The Kier molecular flexibility index (Phi) is 3.35. The van der Waals surface area contributed by atoms with Crippen LogP contribution in [0.4, 0.5) is 0 Å². The molecule has 0 unspecified atom stereocenters. The van der Waals surface area contributed by atoms with Gasteiger partial charge in [0.05, 0.1) is 11.1 Å². The summed E-state index contributed by atoms with van der Waals surface area (Å²) in [5.41, 5.74) is 0.373. The summed E-state index contributed by atoms with van der Waals surface area (Å²) in [4.78, 5) is 17.7. The molecule has 5 nitrogen and oxygen atoms in total. The summed E-state index contributed by atoms with van der Waals surface area (Å²) in [5.74, 6) is -0.221. The largest absolute Gasteiger partial charge is 0.356 e. The number of hydrogen-bond acceptors (Lipinski definition) is 3. The molecule has 0 radical (unpaired) electrons. The molecule has 0 atom stereocenters. The zero-order valence-corrected chi connectivity index (χ0v) is 9.70. The van der Waals surface area contributed by atoms with Crippen LogP contribution in [0.5, 0.6) is 0 Å². The first-order chi connectivity index (χ1) is 6.68. The highest BCUT2D eigenvalue weighted by atomic mass is 32.2. The van der Waals surface area contributed by atoms with Crippen molar-refractivity contribution < 1.29 is 22.8 Å². The first kappa shape index (κ1) is 12.4. The van der Waals surface area contributed by atoms with E-state index in [4.69, 9.17) is 9.79 Å². The predicted octanol–water partition coefficient (Wildman–Crippen LogP) is 0.0342. The van der Waals surface area contributed by atoms with Gasteiger partial charge in [-0.1, -0.05) is 12.1 Å². The van der Waals surface area contributed by atoms with E-state index in [1.165, 1.54) is 24.3 Å². The predicted molar refractivity (Wildman–Crippen MR) is 56.7 cm³/mol. The Balaban J connectivity index is 3.10. The normalized spacial score (nSPS) is 12.7. The molecule has 0 saturated carbocycles. The van der Waals surface area contributed by atoms with Crippen LogP contribution < -0.4 is 5.30 Å². The molecular weight excluding hydrogens is 239 g/mol. The highest BCUT2D eigenvalue weighted by Crippen LogP contribution is 2.33. The molecule has 0 aliphatic carbocycles. The Bertz CT molecular complexity index is 502. The third-order valence-electron chi connectivity index (χ3n) is 1.68. The maximum Gasteiger partial charge on any atom is 0.356 e. The van der Waals surface area contributed by atoms with Crippen LogP contribution in [0.25, 0.3) is 0 Å². The van der Waals surface area contributed by atoms with Crippen LogP contribution in [-0.2, 0) is 20.2 Å². The molecular formula is C8H11O5PS. The summed E-state index contributed by atoms with van der Waals surface area (Å²) >= 11 is 0. The van der Waals surface area contributed by atoms with Gasteiger partial charge in [-0.25, -0.2) is 8.42 Å². The molecule has 15 heavy (non-hydrogen) atoms. The highest BCUT2D eigenvalue weighted by molar-refractivity contribution is 7.89. The van der Waals surface area contributed by atoms with Gasteiger partial charge in [-0.2, -0.15) is 0 Å². The van der Waals surface area contributed by atoms with Gasteiger partial charge in [0.15, 0.2) is 9.84 Å². The van der Waals surface area contributed by atoms with Gasteiger partial charge >= 0.3 is 7.60 Å². The first-order valence-corrected chi connectivity index (χ1v) is 7.68. The lowest BCUT2D eigenvalue weighted by Crippen LogP contribution is -2.07. The van der Waals surface area contributed by atoms with E-state index in [9.17, 15) is 13.0 Å². The molecule has 0 amide bonds. The van der Waals surface area contributed by atoms with Crippen molar-refractivity contribution in [2.75, 3.05) is 6.26 Å². The fraction of sp³-hybridized carbons (Fsp3) is 0.250. The van der Waals surface area contributed by atoms with E-state index < -0.39 is 17.4 Å². The van der Waals surface area contributed by atoms with E-state index in [0.717, 1.165) is 6.26 Å². The molecule has 1 aromatic rings. The Morgan fingerprint density at radius 2 is 1.93 bits per heavy atom. The van der Waals surface area contributed by atoms with Crippen molar-refractivity contribution >= 4 is 22.7 Å². The number of benzene rings is 1. The Hall–Kier alpha value is -0.680. The summed E-state index contributed by atoms with van der Waals surface area (Å²) in [6.07, 6.45) is 1.07. The number of sulfone groups is 1. The molecule has 0 aromatic heterocycles. The zero-order valence-electron chi connectivity index (χ0n) is 7.99. The van der Waals surface area contributed by atoms with E-state index in [0.29, 0.717) is 5.56 Å². The molecule has 1 rings (SSSR count). The van der Waals surface area contributed by atoms with Crippen molar-refractivity contribution in [3.05, 3.63) is 29.8 Å². The molecule has 0 aliphatic heterocycles. The Morgan fingerprint density at radius 1 is 1.33 bits per heavy atom. The van der Waals surface area contributed by atoms with Gasteiger partial charge in [-0.05, 0) is 17.7 Å². The van der Waals surface area contributed by atoms with Gasteiger partial charge in [-0.3, -0.25) is 4.57 Å². The van der Waals surface area contributed by atoms with Gasteiger partial charge in [0.1, 0.15) is 0 Å². The number of rotatable bonds is 3. The lowest BCUT2D eigenvalue weighted by atomic mass is 10.2. The van der Waals surface area contributed by atoms with E-state index in [1.807, 2.05) is 0 Å². The van der Waals surface area contributed by atoms with Crippen LogP contribution in [0, 0.1) is 0 Å². The summed E-state index contributed by atoms with van der Waals surface area (Å²) in [7, 11) is -7.50. The second kappa shape index (κ2) is 4.06. The first-order valence-electron chi connectivity index (χ1n) is 4.01. The van der Waals surface area contributed by atoms with Crippen LogP contribution in [0.2, 0.25) is 0 Å². The summed E-state index contributed by atoms with van der Waals surface area (Å²) in [6.45, 7) is 0. The van der Waals surface area contributed by atoms with Gasteiger partial charge < -0.3 is 9.79 Å². The maximum absolute atomic E-state index is 11.0. The fourth-order valence-corrected chi connectivity index (χ4v) is 2.53. The minimum atomic E-state index is -4.31. The highest BCUT2D eigenvalue weighted by Gasteiger charge is 2.17. The van der Waals surface area contributed by atoms with Crippen LogP contribution in [0.1, 0.15) is 5.56 Å². The second-order valence-corrected chi connectivity index (χ2v) is 7.03. The summed E-state index contributed by atoms with van der Waals surface area (Å²) in [6, 6.07) is 5.42. The SMILES string of the molecule is CS(=O)(=O)Cc1cccc(P(=O)(O)O)c1. The average Bonchev–Trinajstić information content (AvgIpc) is 1.99. The molecule has 0 fully saturated rings. The van der Waals surface area contributed by atoms with E-state index in [-0.39, 0.29) is 11.1 Å². The van der Waals surface area contributed by atoms with Crippen molar-refractivity contribution in [3.8, 4) is 0 Å². The minimum absolute atomic E-state index is 0.163. The van der Waals surface area contributed by atoms with E-state index in [2.05, 4.69) is 0 Å². The molecule has 84 valence electrons. The van der Waals surface area contributed by atoms with Crippen molar-refractivity contribution in [2.24, 2.45) is 0 Å². The lowest BCUT2D eigenvalue weighted by Gasteiger charge is -2.05. The van der Waals surface area contributed by atoms with Crippen molar-refractivity contribution in [1.29, 1.82) is 0 Å². The third-order valence-corrected chi connectivity index (χ3v) is 3.48. The summed E-state index contributed by atoms with van der Waals surface area (Å²) < 4.78 is 32.8. The molecule has 0 heterocycles. The quantitative estimate of drug-likeness (QED) is 0.739. The zero-order chi connectivity index (χ0) is 11.7. The van der Waals surface area contributed by atoms with Crippen LogP contribution in [0.15, 0.2) is 24.3 Å². The summed E-state index contributed by atoms with van der Waals surface area (Å²) in [5, 5.41) is -0.163. The second-order valence-electron chi connectivity index (χ2n) is 3.28. The standard InChI is InChI=1S/C8H11O5PS/c1-15(12,13)6-7-3-2-4-8(5-7)14(9,10)11/h2-5H,6H2,1H3,(H2,9,10,11). The third kappa shape index (κ3) is 4.13. The molecule has 0 aliphatic rings. The topological polar surface area (TPSA) is 91.7 Å². The Morgan fingerprint density at radius 3 is 2.40 bits per heavy atom. The number of hydrogen-bond donors (Lipinski definition) is 2. The van der Waals surface area contributed by atoms with Crippen molar-refractivity contribution in [1.82, 2.24) is 0 Å². The lowest BCUT2D eigenvalue weighted by molar-refractivity contribution is 0.387. The maximum atomic E-state index is 11.0. The van der Waals surface area contributed by atoms with Crippen LogP contribution in [0.3, 0.4) is 0 Å². The molecule has 0 spiro atoms. The molecule has 2 N–H and O–H groups in total. The smallest absolute Gasteiger partial charge is 0.321 e. The monoisotopic (exact) mass is 250 g/mol. The van der Waals surface area contributed by atoms with E-state index in [1.54, 1.807) is 0 Å². The Labute approximate surface area is 87.8 Å². The van der Waals surface area contributed by atoms with Crippen LogP contribution >= 0.6 is 7.60 Å². The molecule has 0 bridgehead atoms. The van der Waals surface area contributed by atoms with Crippen molar-refractivity contribution in [2.45, 2.75) is 5.75 Å².